The van der Waals surface area contributed by atoms with E-state index in [1.807, 2.05) is 13.1 Å². The van der Waals surface area contributed by atoms with Gasteiger partial charge in [-0.3, -0.25) is 9.48 Å². The largest absolute Gasteiger partial charge is 0.356 e. The van der Waals surface area contributed by atoms with Crippen LogP contribution in [0, 0.1) is 11.8 Å². The third-order valence-corrected chi connectivity index (χ3v) is 2.60. The Balaban J connectivity index is 2.39. The Morgan fingerprint density at radius 2 is 2.25 bits per heavy atom. The SMILES string of the molecule is CC(C)CNC(=O)[C@@H](C)Cn1cc(Br)cn1. The molecule has 90 valence electrons. The summed E-state index contributed by atoms with van der Waals surface area (Å²) in [6.07, 6.45) is 3.59. The van der Waals surface area contributed by atoms with E-state index >= 15 is 0 Å². The van der Waals surface area contributed by atoms with Crippen LogP contribution in [0.15, 0.2) is 16.9 Å². The van der Waals surface area contributed by atoms with Gasteiger partial charge < -0.3 is 5.32 Å². The molecule has 0 bridgehead atoms. The molecule has 0 aliphatic carbocycles. The molecule has 0 unspecified atom stereocenters. The number of hydrogen-bond donors (Lipinski definition) is 1. The third kappa shape index (κ3) is 4.35. The number of carbonyl (C=O) groups excluding carboxylic acids is 1. The van der Waals surface area contributed by atoms with Crippen molar-refractivity contribution in [3.63, 3.8) is 0 Å². The molecule has 0 radical (unpaired) electrons. The second kappa shape index (κ2) is 6.03. The van der Waals surface area contributed by atoms with Crippen LogP contribution in [0.1, 0.15) is 20.8 Å². The summed E-state index contributed by atoms with van der Waals surface area (Å²) in [4.78, 5) is 11.7. The van der Waals surface area contributed by atoms with Crippen LogP contribution in [0.25, 0.3) is 0 Å². The van der Waals surface area contributed by atoms with Crippen molar-refractivity contribution in [1.29, 1.82) is 0 Å². The molecular formula is C11H18BrN3O. The third-order valence-electron chi connectivity index (χ3n) is 2.19. The van der Waals surface area contributed by atoms with E-state index < -0.39 is 0 Å². The van der Waals surface area contributed by atoms with E-state index in [9.17, 15) is 4.79 Å². The lowest BCUT2D eigenvalue weighted by molar-refractivity contribution is -0.125. The summed E-state index contributed by atoms with van der Waals surface area (Å²) in [5, 5.41) is 7.04. The van der Waals surface area contributed by atoms with Crippen LogP contribution in [-0.2, 0) is 11.3 Å². The van der Waals surface area contributed by atoms with Gasteiger partial charge in [0.05, 0.1) is 23.1 Å². The highest BCUT2D eigenvalue weighted by atomic mass is 79.9. The van der Waals surface area contributed by atoms with E-state index in [0.717, 1.165) is 11.0 Å². The Bertz CT molecular complexity index is 349. The smallest absolute Gasteiger partial charge is 0.224 e. The summed E-state index contributed by atoms with van der Waals surface area (Å²) in [5.41, 5.74) is 0. The fraction of sp³-hybridized carbons (Fsp3) is 0.636. The van der Waals surface area contributed by atoms with Crippen molar-refractivity contribution < 1.29 is 4.79 Å². The first-order chi connectivity index (χ1) is 7.49. The molecule has 5 heteroatoms. The van der Waals surface area contributed by atoms with E-state index in [0.29, 0.717) is 12.5 Å². The topological polar surface area (TPSA) is 46.9 Å². The van der Waals surface area contributed by atoms with Crippen LogP contribution in [0.2, 0.25) is 0 Å². The standard InChI is InChI=1S/C11H18BrN3O/c1-8(2)4-13-11(16)9(3)6-15-7-10(12)5-14-15/h5,7-9H,4,6H2,1-3H3,(H,13,16)/t9-/m0/s1. The predicted molar refractivity (Wildman–Crippen MR) is 66.9 cm³/mol. The van der Waals surface area contributed by atoms with Crippen molar-refractivity contribution in [3.8, 4) is 0 Å². The maximum atomic E-state index is 11.7. The van der Waals surface area contributed by atoms with Gasteiger partial charge in [0, 0.05) is 12.7 Å². The summed E-state index contributed by atoms with van der Waals surface area (Å²) >= 11 is 3.33. The molecule has 0 saturated carbocycles. The van der Waals surface area contributed by atoms with Crippen LogP contribution < -0.4 is 5.32 Å². The highest BCUT2D eigenvalue weighted by Gasteiger charge is 2.13. The first kappa shape index (κ1) is 13.2. The van der Waals surface area contributed by atoms with Gasteiger partial charge in [-0.1, -0.05) is 20.8 Å². The first-order valence-electron chi connectivity index (χ1n) is 5.44. The summed E-state index contributed by atoms with van der Waals surface area (Å²) in [6.45, 7) is 7.40. The maximum absolute atomic E-state index is 11.7. The van der Waals surface area contributed by atoms with E-state index in [1.165, 1.54) is 0 Å². The quantitative estimate of drug-likeness (QED) is 0.901. The van der Waals surface area contributed by atoms with E-state index in [2.05, 4.69) is 40.2 Å². The summed E-state index contributed by atoms with van der Waals surface area (Å²) < 4.78 is 2.70. The average Bonchev–Trinajstić information content (AvgIpc) is 2.60. The lowest BCUT2D eigenvalue weighted by Crippen LogP contribution is -2.34. The maximum Gasteiger partial charge on any atom is 0.224 e. The van der Waals surface area contributed by atoms with Crippen molar-refractivity contribution in [2.75, 3.05) is 6.54 Å². The lowest BCUT2D eigenvalue weighted by Gasteiger charge is -2.13. The zero-order valence-electron chi connectivity index (χ0n) is 9.90. The molecule has 0 aromatic carbocycles. The number of amides is 1. The Morgan fingerprint density at radius 1 is 1.56 bits per heavy atom. The zero-order valence-corrected chi connectivity index (χ0v) is 11.5. The molecule has 1 aromatic rings. The fourth-order valence-electron chi connectivity index (χ4n) is 1.28. The van der Waals surface area contributed by atoms with Crippen molar-refractivity contribution in [1.82, 2.24) is 15.1 Å². The van der Waals surface area contributed by atoms with Crippen molar-refractivity contribution in [3.05, 3.63) is 16.9 Å². The average molecular weight is 288 g/mol. The molecule has 1 amide bonds. The van der Waals surface area contributed by atoms with Gasteiger partial charge in [-0.25, -0.2) is 0 Å². The molecule has 1 heterocycles. The minimum absolute atomic E-state index is 0.0643. The molecule has 0 saturated heterocycles. The monoisotopic (exact) mass is 287 g/mol. The number of rotatable bonds is 5. The van der Waals surface area contributed by atoms with Gasteiger partial charge in [-0.05, 0) is 21.8 Å². The van der Waals surface area contributed by atoms with Crippen LogP contribution in [0.4, 0.5) is 0 Å². The molecule has 16 heavy (non-hydrogen) atoms. The van der Waals surface area contributed by atoms with Gasteiger partial charge in [0.15, 0.2) is 0 Å². The van der Waals surface area contributed by atoms with Gasteiger partial charge in [0.25, 0.3) is 0 Å². The Labute approximate surface area is 105 Å². The van der Waals surface area contributed by atoms with E-state index in [-0.39, 0.29) is 11.8 Å². The van der Waals surface area contributed by atoms with Crippen LogP contribution in [-0.4, -0.2) is 22.2 Å². The van der Waals surface area contributed by atoms with Crippen molar-refractivity contribution in [2.24, 2.45) is 11.8 Å². The fourth-order valence-corrected chi connectivity index (χ4v) is 1.61. The Kier molecular flexibility index (Phi) is 4.99. The van der Waals surface area contributed by atoms with Crippen LogP contribution in [0.5, 0.6) is 0 Å². The summed E-state index contributed by atoms with van der Waals surface area (Å²) in [7, 11) is 0. The Morgan fingerprint density at radius 3 is 2.75 bits per heavy atom. The Hall–Kier alpha value is -0.840. The summed E-state index contributed by atoms with van der Waals surface area (Å²) in [6, 6.07) is 0. The number of carbonyl (C=O) groups is 1. The van der Waals surface area contributed by atoms with Gasteiger partial charge in [0.1, 0.15) is 0 Å². The van der Waals surface area contributed by atoms with Gasteiger partial charge in [0.2, 0.25) is 5.91 Å². The molecule has 0 fully saturated rings. The lowest BCUT2D eigenvalue weighted by atomic mass is 10.1. The number of halogens is 1. The molecule has 0 spiro atoms. The normalized spacial score (nSPS) is 12.8. The molecule has 1 N–H and O–H groups in total. The van der Waals surface area contributed by atoms with Gasteiger partial charge in [-0.15, -0.1) is 0 Å². The number of nitrogens with one attached hydrogen (secondary N) is 1. The van der Waals surface area contributed by atoms with Gasteiger partial charge >= 0.3 is 0 Å². The molecule has 1 aromatic heterocycles. The number of hydrogen-bond acceptors (Lipinski definition) is 2. The highest BCUT2D eigenvalue weighted by molar-refractivity contribution is 9.10. The minimum atomic E-state index is -0.0643. The number of nitrogens with zero attached hydrogens (tertiary/aromatic N) is 2. The van der Waals surface area contributed by atoms with Crippen LogP contribution in [0.3, 0.4) is 0 Å². The van der Waals surface area contributed by atoms with Gasteiger partial charge in [-0.2, -0.15) is 5.10 Å². The molecular weight excluding hydrogens is 270 g/mol. The summed E-state index contributed by atoms with van der Waals surface area (Å²) in [5.74, 6) is 0.501. The minimum Gasteiger partial charge on any atom is -0.356 e. The second-order valence-electron chi connectivity index (χ2n) is 4.42. The molecule has 1 rings (SSSR count). The molecule has 1 atom stereocenters. The van der Waals surface area contributed by atoms with Crippen molar-refractivity contribution in [2.45, 2.75) is 27.3 Å². The van der Waals surface area contributed by atoms with E-state index in [4.69, 9.17) is 0 Å². The first-order valence-corrected chi connectivity index (χ1v) is 6.24. The number of aromatic nitrogens is 2. The van der Waals surface area contributed by atoms with Crippen LogP contribution >= 0.6 is 15.9 Å². The molecule has 0 aliphatic heterocycles. The van der Waals surface area contributed by atoms with E-state index in [1.54, 1.807) is 10.9 Å². The predicted octanol–water partition coefficient (Wildman–Crippen LogP) is 2.05. The van der Waals surface area contributed by atoms with Crippen molar-refractivity contribution >= 4 is 21.8 Å². The highest BCUT2D eigenvalue weighted by Crippen LogP contribution is 2.08. The molecule has 4 nitrogen and oxygen atoms in total. The molecule has 0 aliphatic rings. The zero-order chi connectivity index (χ0) is 12.1. The second-order valence-corrected chi connectivity index (χ2v) is 5.34.